The number of hydrogen-bond acceptors (Lipinski definition) is 6. The van der Waals surface area contributed by atoms with Gasteiger partial charge in [-0.25, -0.2) is 0 Å². The van der Waals surface area contributed by atoms with Gasteiger partial charge < -0.3 is 26.5 Å². The molecule has 34 heavy (non-hydrogen) atoms. The number of benzene rings is 1. The monoisotopic (exact) mass is 491 g/mol. The molecule has 2 aliphatic heterocycles. The van der Waals surface area contributed by atoms with Crippen LogP contribution in [0.3, 0.4) is 0 Å². The molecule has 1 aromatic rings. The van der Waals surface area contributed by atoms with Crippen molar-refractivity contribution in [3.63, 3.8) is 0 Å². The van der Waals surface area contributed by atoms with Crippen molar-refractivity contribution < 1.29 is 19.6 Å². The summed E-state index contributed by atoms with van der Waals surface area (Å²) in [5.74, 6) is -0.926. The van der Waals surface area contributed by atoms with Crippen molar-refractivity contribution in [2.75, 3.05) is 26.2 Å². The average molecular weight is 492 g/mol. The first-order valence-electron chi connectivity index (χ1n) is 11.5. The van der Waals surface area contributed by atoms with Crippen LogP contribution in [-0.2, 0) is 9.59 Å². The number of carbonyl (C=O) groups excluding carboxylic acids is 3. The van der Waals surface area contributed by atoms with Gasteiger partial charge in [-0.05, 0) is 77.9 Å². The summed E-state index contributed by atoms with van der Waals surface area (Å²) >= 11 is 5.85. The third kappa shape index (κ3) is 5.43. The Labute approximate surface area is 205 Å². The summed E-state index contributed by atoms with van der Waals surface area (Å²) in [4.78, 5) is 38.7. The quantitative estimate of drug-likeness (QED) is 0.369. The number of carbonyl (C=O) groups is 3. The van der Waals surface area contributed by atoms with Crippen LogP contribution >= 0.6 is 11.6 Å². The molecular formula is C24H34ClN5O4. The molecular weight excluding hydrogens is 458 g/mol. The summed E-state index contributed by atoms with van der Waals surface area (Å²) < 4.78 is 0. The minimum Gasteiger partial charge on any atom is -0.352 e. The average Bonchev–Trinajstić information content (AvgIpc) is 2.96. The highest BCUT2D eigenvalue weighted by Crippen LogP contribution is 2.38. The Bertz CT molecular complexity index is 968. The van der Waals surface area contributed by atoms with Crippen molar-refractivity contribution in [2.45, 2.75) is 57.2 Å². The second kappa shape index (κ2) is 10.0. The lowest BCUT2D eigenvalue weighted by Crippen LogP contribution is -2.64. The molecule has 1 aromatic carbocycles. The summed E-state index contributed by atoms with van der Waals surface area (Å²) in [6, 6.07) is 6.54. The van der Waals surface area contributed by atoms with Crippen LogP contribution in [-0.4, -0.2) is 70.8 Å². The molecule has 9 nitrogen and oxygen atoms in total. The number of nitrogens with one attached hydrogen (secondary N) is 4. The predicted molar refractivity (Wildman–Crippen MR) is 130 cm³/mol. The molecule has 3 amide bonds. The fraction of sp³-hybridized carbons (Fsp3) is 0.542. The molecule has 3 rings (SSSR count). The van der Waals surface area contributed by atoms with Gasteiger partial charge in [0.1, 0.15) is 5.54 Å². The summed E-state index contributed by atoms with van der Waals surface area (Å²) in [7, 11) is 0. The van der Waals surface area contributed by atoms with E-state index in [2.05, 4.69) is 21.3 Å². The van der Waals surface area contributed by atoms with Crippen molar-refractivity contribution in [3.8, 4) is 0 Å². The van der Waals surface area contributed by atoms with E-state index in [9.17, 15) is 19.6 Å². The number of hydroxylamine groups is 2. The molecule has 10 heteroatoms. The molecule has 0 unspecified atom stereocenters. The van der Waals surface area contributed by atoms with E-state index in [0.717, 1.165) is 5.06 Å². The molecule has 186 valence electrons. The van der Waals surface area contributed by atoms with Crippen LogP contribution in [0.1, 0.15) is 50.9 Å². The predicted octanol–water partition coefficient (Wildman–Crippen LogP) is 1.61. The minimum atomic E-state index is -1.08. The Morgan fingerprint density at radius 1 is 1.00 bits per heavy atom. The highest BCUT2D eigenvalue weighted by Gasteiger charge is 2.50. The normalized spacial score (nSPS) is 20.8. The molecule has 2 heterocycles. The number of nitrogens with zero attached hydrogens (tertiary/aromatic N) is 1. The van der Waals surface area contributed by atoms with E-state index in [4.69, 9.17) is 11.6 Å². The van der Waals surface area contributed by atoms with E-state index in [1.807, 2.05) is 13.8 Å². The van der Waals surface area contributed by atoms with Crippen molar-refractivity contribution in [2.24, 2.45) is 0 Å². The number of amides is 3. The van der Waals surface area contributed by atoms with Gasteiger partial charge in [-0.3, -0.25) is 14.4 Å². The van der Waals surface area contributed by atoms with Gasteiger partial charge in [0.2, 0.25) is 11.8 Å². The van der Waals surface area contributed by atoms with Crippen LogP contribution < -0.4 is 21.3 Å². The first-order valence-corrected chi connectivity index (χ1v) is 11.8. The van der Waals surface area contributed by atoms with Crippen LogP contribution in [0.2, 0.25) is 5.02 Å². The van der Waals surface area contributed by atoms with E-state index < -0.39 is 16.6 Å². The number of halogens is 1. The van der Waals surface area contributed by atoms with Crippen molar-refractivity contribution in [1.82, 2.24) is 26.3 Å². The van der Waals surface area contributed by atoms with Gasteiger partial charge in [0, 0.05) is 29.2 Å². The van der Waals surface area contributed by atoms with Crippen molar-refractivity contribution in [3.05, 3.63) is 46.5 Å². The Morgan fingerprint density at radius 3 is 2.15 bits per heavy atom. The zero-order chi connectivity index (χ0) is 25.1. The molecule has 0 atom stereocenters. The van der Waals surface area contributed by atoms with Crippen molar-refractivity contribution >= 4 is 29.3 Å². The third-order valence-corrected chi connectivity index (χ3v) is 6.78. The molecule has 1 saturated heterocycles. The lowest BCUT2D eigenvalue weighted by molar-refractivity contribution is -0.186. The summed E-state index contributed by atoms with van der Waals surface area (Å²) in [6.07, 6.45) is 2.60. The van der Waals surface area contributed by atoms with Crippen LogP contribution in [0, 0.1) is 0 Å². The van der Waals surface area contributed by atoms with Gasteiger partial charge in [-0.15, -0.1) is 0 Å². The van der Waals surface area contributed by atoms with E-state index in [1.54, 1.807) is 44.2 Å². The van der Waals surface area contributed by atoms with Gasteiger partial charge in [-0.2, -0.15) is 5.06 Å². The zero-order valence-electron chi connectivity index (χ0n) is 20.1. The Balaban J connectivity index is 1.62. The highest BCUT2D eigenvalue weighted by atomic mass is 35.5. The van der Waals surface area contributed by atoms with E-state index in [1.165, 1.54) is 0 Å². The largest absolute Gasteiger partial charge is 0.352 e. The minimum absolute atomic E-state index is 0.217. The maximum atomic E-state index is 13.3. The standard InChI is InChI=1S/C24H34ClN5O4/c1-22(2)15-18(23(3,4)30(22)34)20(32)29-24(9-11-26-12-10-24)21(33)28-14-13-27-19(31)16-5-7-17(25)8-6-16/h5-8,15,26,34H,9-14H2,1-4H3,(H,27,31)(H,28,33)(H,29,32). The van der Waals surface area contributed by atoms with Crippen LogP contribution in [0.15, 0.2) is 35.9 Å². The van der Waals surface area contributed by atoms with Crippen LogP contribution in [0.5, 0.6) is 0 Å². The molecule has 0 spiro atoms. The molecule has 2 aliphatic rings. The molecule has 0 radical (unpaired) electrons. The van der Waals surface area contributed by atoms with Gasteiger partial charge in [0.15, 0.2) is 0 Å². The lowest BCUT2D eigenvalue weighted by atomic mass is 9.85. The van der Waals surface area contributed by atoms with Gasteiger partial charge >= 0.3 is 0 Å². The first-order chi connectivity index (χ1) is 15.9. The van der Waals surface area contributed by atoms with Gasteiger partial charge in [-0.1, -0.05) is 17.7 Å². The third-order valence-electron chi connectivity index (χ3n) is 6.52. The maximum Gasteiger partial charge on any atom is 0.251 e. The smallest absolute Gasteiger partial charge is 0.251 e. The Kier molecular flexibility index (Phi) is 7.72. The molecule has 0 aromatic heterocycles. The lowest BCUT2D eigenvalue weighted by Gasteiger charge is -2.39. The SMILES string of the molecule is CC1(C)C=C(C(=O)NC2(C(=O)NCCNC(=O)c3ccc(Cl)cc3)CCNCC2)C(C)(C)N1O. The number of piperidine rings is 1. The van der Waals surface area contributed by atoms with Gasteiger partial charge in [0.25, 0.3) is 5.91 Å². The van der Waals surface area contributed by atoms with Crippen molar-refractivity contribution in [1.29, 1.82) is 0 Å². The fourth-order valence-electron chi connectivity index (χ4n) is 4.54. The Hall–Kier alpha value is -2.46. The summed E-state index contributed by atoms with van der Waals surface area (Å²) in [5, 5.41) is 24.0. The van der Waals surface area contributed by atoms with E-state index >= 15 is 0 Å². The molecule has 0 saturated carbocycles. The van der Waals surface area contributed by atoms with Crippen LogP contribution in [0.25, 0.3) is 0 Å². The second-order valence-corrected chi connectivity index (χ2v) is 10.3. The Morgan fingerprint density at radius 2 is 1.59 bits per heavy atom. The molecule has 1 fully saturated rings. The molecule has 0 aliphatic carbocycles. The fourth-order valence-corrected chi connectivity index (χ4v) is 4.67. The second-order valence-electron chi connectivity index (χ2n) is 9.89. The summed E-state index contributed by atoms with van der Waals surface area (Å²) in [5.41, 5.74) is -1.79. The van der Waals surface area contributed by atoms with Gasteiger partial charge in [0.05, 0.1) is 11.1 Å². The number of rotatable bonds is 7. The highest BCUT2D eigenvalue weighted by molar-refractivity contribution is 6.30. The number of hydrogen-bond donors (Lipinski definition) is 5. The van der Waals surface area contributed by atoms with E-state index in [-0.39, 0.29) is 30.8 Å². The topological polar surface area (TPSA) is 123 Å². The first kappa shape index (κ1) is 26.2. The van der Waals surface area contributed by atoms with E-state index in [0.29, 0.717) is 42.1 Å². The molecule has 5 N–H and O–H groups in total. The zero-order valence-corrected chi connectivity index (χ0v) is 20.9. The summed E-state index contributed by atoms with van der Waals surface area (Å²) in [6.45, 7) is 8.80. The van der Waals surface area contributed by atoms with Crippen LogP contribution in [0.4, 0.5) is 0 Å². The maximum absolute atomic E-state index is 13.3. The molecule has 0 bridgehead atoms.